The highest BCUT2D eigenvalue weighted by molar-refractivity contribution is 5.78. The molecule has 1 N–H and O–H groups in total. The van der Waals surface area contributed by atoms with Gasteiger partial charge in [-0.15, -0.1) is 0 Å². The number of hydrogen-bond donors (Lipinski definition) is 1. The highest BCUT2D eigenvalue weighted by atomic mass is 16.2. The fourth-order valence-electron chi connectivity index (χ4n) is 3.67. The molecule has 0 bridgehead atoms. The van der Waals surface area contributed by atoms with Crippen molar-refractivity contribution in [2.24, 2.45) is 0 Å². The second-order valence-electron chi connectivity index (χ2n) is 8.19. The Labute approximate surface area is 186 Å². The zero-order valence-electron chi connectivity index (χ0n) is 18.2. The van der Waals surface area contributed by atoms with Crippen molar-refractivity contribution >= 4 is 28.7 Å². The van der Waals surface area contributed by atoms with Crippen molar-refractivity contribution in [1.82, 2.24) is 29.4 Å². The third-order valence-corrected chi connectivity index (χ3v) is 5.77. The lowest BCUT2D eigenvalue weighted by Gasteiger charge is -2.14. The van der Waals surface area contributed by atoms with Crippen LogP contribution in [0.15, 0.2) is 55.0 Å². The molecule has 0 atom stereocenters. The summed E-state index contributed by atoms with van der Waals surface area (Å²) < 4.78 is 2.23. The van der Waals surface area contributed by atoms with Gasteiger partial charge >= 0.3 is 0 Å². The molecule has 1 aliphatic carbocycles. The maximum atomic E-state index is 11.4. The van der Waals surface area contributed by atoms with E-state index >= 15 is 0 Å². The Morgan fingerprint density at radius 1 is 1.12 bits per heavy atom. The summed E-state index contributed by atoms with van der Waals surface area (Å²) in [6, 6.07) is 12.5. The summed E-state index contributed by atoms with van der Waals surface area (Å²) in [4.78, 5) is 31.3. The summed E-state index contributed by atoms with van der Waals surface area (Å²) in [6.45, 7) is 2.28. The van der Waals surface area contributed by atoms with E-state index in [4.69, 9.17) is 9.97 Å². The van der Waals surface area contributed by atoms with E-state index in [1.807, 2.05) is 31.3 Å². The first-order chi connectivity index (χ1) is 15.6. The molecular formula is C24H25N7O. The molecule has 0 spiro atoms. The summed E-state index contributed by atoms with van der Waals surface area (Å²) >= 11 is 0. The second kappa shape index (κ2) is 8.37. The second-order valence-corrected chi connectivity index (χ2v) is 8.19. The molecule has 0 aliphatic heterocycles. The molecule has 1 aromatic carbocycles. The lowest BCUT2D eigenvalue weighted by atomic mass is 10.1. The standard InChI is InChI=1S/C24H25N7O/c1-16(32)30(2)14-11-17-3-5-19(6-4-17)27-24-26-15-21-23(29-24)31(20-7-8-20)22(28-21)18-9-12-25-13-10-18/h3-6,9-10,12-13,15,20H,7-8,11,14H2,1-2H3,(H,26,27,29). The highest BCUT2D eigenvalue weighted by Gasteiger charge is 2.29. The van der Waals surface area contributed by atoms with E-state index in [9.17, 15) is 4.79 Å². The van der Waals surface area contributed by atoms with Crippen molar-refractivity contribution in [2.45, 2.75) is 32.2 Å². The molecule has 3 aromatic heterocycles. The molecule has 0 radical (unpaired) electrons. The molecule has 5 rings (SSSR count). The van der Waals surface area contributed by atoms with Crippen LogP contribution in [0.5, 0.6) is 0 Å². The molecule has 162 valence electrons. The molecule has 3 heterocycles. The Morgan fingerprint density at radius 2 is 1.88 bits per heavy atom. The lowest BCUT2D eigenvalue weighted by molar-refractivity contribution is -0.127. The van der Waals surface area contributed by atoms with E-state index in [1.165, 1.54) is 5.56 Å². The normalized spacial score (nSPS) is 13.3. The molecule has 1 aliphatic rings. The van der Waals surface area contributed by atoms with Crippen LogP contribution in [-0.4, -0.2) is 48.9 Å². The predicted octanol–water partition coefficient (Wildman–Crippen LogP) is 3.99. The number of benzene rings is 1. The van der Waals surface area contributed by atoms with Crippen LogP contribution in [0.25, 0.3) is 22.6 Å². The Kier molecular flexibility index (Phi) is 5.26. The zero-order chi connectivity index (χ0) is 22.1. The van der Waals surface area contributed by atoms with E-state index in [0.29, 0.717) is 18.5 Å². The highest BCUT2D eigenvalue weighted by Crippen LogP contribution is 2.40. The van der Waals surface area contributed by atoms with Crippen molar-refractivity contribution in [3.05, 3.63) is 60.6 Å². The third kappa shape index (κ3) is 4.16. The molecule has 1 fully saturated rings. The van der Waals surface area contributed by atoms with E-state index in [1.54, 1.807) is 30.4 Å². The van der Waals surface area contributed by atoms with Gasteiger partial charge in [-0.2, -0.15) is 4.98 Å². The van der Waals surface area contributed by atoms with Gasteiger partial charge in [0.05, 0.1) is 6.20 Å². The number of hydrogen-bond acceptors (Lipinski definition) is 6. The van der Waals surface area contributed by atoms with Crippen LogP contribution >= 0.6 is 0 Å². The average Bonchev–Trinajstić information content (AvgIpc) is 3.58. The number of imidazole rings is 1. The predicted molar refractivity (Wildman–Crippen MR) is 124 cm³/mol. The maximum absolute atomic E-state index is 11.4. The Bertz CT molecular complexity index is 1250. The van der Waals surface area contributed by atoms with Crippen LogP contribution in [0, 0.1) is 0 Å². The van der Waals surface area contributed by atoms with Crippen LogP contribution in [0.1, 0.15) is 31.4 Å². The molecule has 8 nitrogen and oxygen atoms in total. The number of anilines is 2. The van der Waals surface area contributed by atoms with Crippen molar-refractivity contribution < 1.29 is 4.79 Å². The fourth-order valence-corrected chi connectivity index (χ4v) is 3.67. The molecule has 1 saturated carbocycles. The van der Waals surface area contributed by atoms with E-state index in [2.05, 4.69) is 32.0 Å². The first-order valence-electron chi connectivity index (χ1n) is 10.8. The zero-order valence-corrected chi connectivity index (χ0v) is 18.2. The number of likely N-dealkylation sites (N-methyl/N-ethyl adjacent to an activating group) is 1. The smallest absolute Gasteiger partial charge is 0.229 e. The molecular weight excluding hydrogens is 402 g/mol. The third-order valence-electron chi connectivity index (χ3n) is 5.77. The van der Waals surface area contributed by atoms with Gasteiger partial charge in [-0.05, 0) is 49.1 Å². The van der Waals surface area contributed by atoms with Crippen LogP contribution in [0.2, 0.25) is 0 Å². The topological polar surface area (TPSA) is 88.8 Å². The van der Waals surface area contributed by atoms with Crippen LogP contribution in [0.4, 0.5) is 11.6 Å². The number of fused-ring (bicyclic) bond motifs is 1. The van der Waals surface area contributed by atoms with Gasteiger partial charge in [-0.1, -0.05) is 12.1 Å². The number of carbonyl (C=O) groups is 1. The van der Waals surface area contributed by atoms with Gasteiger partial charge in [0.1, 0.15) is 11.3 Å². The first-order valence-corrected chi connectivity index (χ1v) is 10.8. The van der Waals surface area contributed by atoms with E-state index in [-0.39, 0.29) is 5.91 Å². The lowest BCUT2D eigenvalue weighted by Crippen LogP contribution is -2.26. The molecule has 0 unspecified atom stereocenters. The van der Waals surface area contributed by atoms with Crippen LogP contribution in [-0.2, 0) is 11.2 Å². The number of pyridine rings is 1. The first kappa shape index (κ1) is 20.1. The number of rotatable bonds is 7. The quantitative estimate of drug-likeness (QED) is 0.480. The van der Waals surface area contributed by atoms with Crippen LogP contribution in [0.3, 0.4) is 0 Å². The minimum Gasteiger partial charge on any atom is -0.346 e. The molecule has 0 saturated heterocycles. The Morgan fingerprint density at radius 3 is 2.56 bits per heavy atom. The van der Waals surface area contributed by atoms with Gasteiger partial charge in [-0.25, -0.2) is 9.97 Å². The number of nitrogens with one attached hydrogen (secondary N) is 1. The number of nitrogens with zero attached hydrogens (tertiary/aromatic N) is 6. The van der Waals surface area contributed by atoms with Crippen molar-refractivity contribution in [2.75, 3.05) is 18.9 Å². The van der Waals surface area contributed by atoms with Crippen molar-refractivity contribution in [3.63, 3.8) is 0 Å². The summed E-state index contributed by atoms with van der Waals surface area (Å²) in [7, 11) is 1.82. The van der Waals surface area contributed by atoms with Crippen LogP contribution < -0.4 is 5.32 Å². The van der Waals surface area contributed by atoms with E-state index < -0.39 is 0 Å². The number of amides is 1. The SMILES string of the molecule is CC(=O)N(C)CCc1ccc(Nc2ncc3nc(-c4ccncc4)n(C4CC4)c3n2)cc1. The van der Waals surface area contributed by atoms with Crippen molar-refractivity contribution in [1.29, 1.82) is 0 Å². The molecule has 32 heavy (non-hydrogen) atoms. The molecule has 8 heteroatoms. The van der Waals surface area contributed by atoms with Gasteiger partial charge in [0.25, 0.3) is 0 Å². The Hall–Kier alpha value is -3.81. The summed E-state index contributed by atoms with van der Waals surface area (Å²) in [6.07, 6.45) is 8.43. The summed E-state index contributed by atoms with van der Waals surface area (Å²) in [5.74, 6) is 1.54. The summed E-state index contributed by atoms with van der Waals surface area (Å²) in [5, 5.41) is 3.30. The number of aromatic nitrogens is 5. The maximum Gasteiger partial charge on any atom is 0.229 e. The minimum absolute atomic E-state index is 0.0772. The van der Waals surface area contributed by atoms with Gasteiger partial charge in [0, 0.05) is 50.2 Å². The molecule has 1 amide bonds. The summed E-state index contributed by atoms with van der Waals surface area (Å²) in [5.41, 5.74) is 4.76. The Balaban J connectivity index is 1.37. The van der Waals surface area contributed by atoms with Gasteiger partial charge in [0.15, 0.2) is 5.65 Å². The fraction of sp³-hybridized carbons (Fsp3) is 0.292. The van der Waals surface area contributed by atoms with Gasteiger partial charge < -0.3 is 14.8 Å². The van der Waals surface area contributed by atoms with Gasteiger partial charge in [-0.3, -0.25) is 9.78 Å². The van der Waals surface area contributed by atoms with Crippen molar-refractivity contribution in [3.8, 4) is 11.4 Å². The molecule has 4 aromatic rings. The van der Waals surface area contributed by atoms with E-state index in [0.717, 1.165) is 47.5 Å². The minimum atomic E-state index is 0.0772. The van der Waals surface area contributed by atoms with Gasteiger partial charge in [0.2, 0.25) is 11.9 Å². The monoisotopic (exact) mass is 427 g/mol. The number of carbonyl (C=O) groups excluding carboxylic acids is 1. The largest absolute Gasteiger partial charge is 0.346 e. The average molecular weight is 428 g/mol.